The lowest BCUT2D eigenvalue weighted by Crippen LogP contribution is -2.41. The molecule has 2 N–H and O–H groups in total. The number of pyridine rings is 1. The molecule has 14 heteroatoms. The smallest absolute Gasteiger partial charge is 0.277 e. The van der Waals surface area contributed by atoms with E-state index in [0.717, 1.165) is 0 Å². The van der Waals surface area contributed by atoms with Crippen molar-refractivity contribution in [3.8, 4) is 11.7 Å². The Kier molecular flexibility index (Phi) is 7.92. The molecular formula is C21H18Cl3N5O5S. The highest BCUT2D eigenvalue weighted by Gasteiger charge is 2.30. The average Bonchev–Trinajstić information content (AvgIpc) is 3.22. The van der Waals surface area contributed by atoms with Crippen LogP contribution in [-0.2, 0) is 15.6 Å². The SMILES string of the molecule is CCONC(=O)c1cc(Cl)cc(Cl)c1NC(=O)c1cc(OC2CS(=O)C2)nn1-c1ncccc1Cl. The van der Waals surface area contributed by atoms with E-state index >= 15 is 0 Å². The predicted molar refractivity (Wildman–Crippen MR) is 132 cm³/mol. The summed E-state index contributed by atoms with van der Waals surface area (Å²) in [6, 6.07) is 7.34. The molecule has 2 amide bonds. The van der Waals surface area contributed by atoms with Crippen LogP contribution in [0, 0.1) is 0 Å². The van der Waals surface area contributed by atoms with Crippen molar-refractivity contribution in [3.63, 3.8) is 0 Å². The van der Waals surface area contributed by atoms with Gasteiger partial charge in [0.2, 0.25) is 5.88 Å². The molecule has 10 nitrogen and oxygen atoms in total. The van der Waals surface area contributed by atoms with Crippen molar-refractivity contribution in [2.45, 2.75) is 13.0 Å². The minimum absolute atomic E-state index is 0.00299. The minimum Gasteiger partial charge on any atom is -0.471 e. The molecule has 1 aromatic carbocycles. The Morgan fingerprint density at radius 3 is 2.63 bits per heavy atom. The molecule has 1 saturated heterocycles. The second-order valence-electron chi connectivity index (χ2n) is 7.23. The van der Waals surface area contributed by atoms with Crippen molar-refractivity contribution in [3.05, 3.63) is 62.9 Å². The number of nitrogens with one attached hydrogen (secondary N) is 2. The van der Waals surface area contributed by atoms with E-state index in [1.54, 1.807) is 19.1 Å². The van der Waals surface area contributed by atoms with Gasteiger partial charge in [0.15, 0.2) is 5.82 Å². The maximum atomic E-state index is 13.4. The number of rotatable bonds is 8. The number of ether oxygens (including phenoxy) is 1. The molecule has 1 fully saturated rings. The molecule has 184 valence electrons. The van der Waals surface area contributed by atoms with Crippen molar-refractivity contribution in [1.82, 2.24) is 20.2 Å². The number of benzene rings is 1. The zero-order valence-corrected chi connectivity index (χ0v) is 21.2. The maximum absolute atomic E-state index is 13.4. The standard InChI is InChI=1S/C21H18Cl3N5O5S/c1-2-33-28-20(30)13-6-11(22)7-15(24)18(13)26-21(31)16-8-17(34-12-9-35(32)10-12)27-29(16)19-14(23)4-3-5-25-19/h3-8,12H,2,9-10H2,1H3,(H,26,31)(H,28,30). The van der Waals surface area contributed by atoms with E-state index in [-0.39, 0.29) is 56.4 Å². The lowest BCUT2D eigenvalue weighted by Gasteiger charge is -2.24. The zero-order valence-electron chi connectivity index (χ0n) is 18.1. The Morgan fingerprint density at radius 2 is 1.94 bits per heavy atom. The van der Waals surface area contributed by atoms with E-state index in [1.165, 1.54) is 29.1 Å². The highest BCUT2D eigenvalue weighted by molar-refractivity contribution is 7.86. The Balaban J connectivity index is 1.70. The van der Waals surface area contributed by atoms with Gasteiger partial charge in [-0.1, -0.05) is 34.8 Å². The minimum atomic E-state index is -0.930. The molecule has 0 radical (unpaired) electrons. The van der Waals surface area contributed by atoms with Gasteiger partial charge >= 0.3 is 0 Å². The Bertz CT molecular complexity index is 1310. The van der Waals surface area contributed by atoms with Crippen LogP contribution in [-0.4, -0.2) is 55.0 Å². The largest absolute Gasteiger partial charge is 0.471 e. The molecule has 2 aromatic heterocycles. The number of amides is 2. The summed E-state index contributed by atoms with van der Waals surface area (Å²) in [4.78, 5) is 35.1. The number of hydrogen-bond donors (Lipinski definition) is 2. The predicted octanol–water partition coefficient (Wildman–Crippen LogP) is 3.67. The number of carbonyl (C=O) groups excluding carboxylic acids is 2. The summed E-state index contributed by atoms with van der Waals surface area (Å²) >= 11 is 18.7. The van der Waals surface area contributed by atoms with Crippen molar-refractivity contribution >= 4 is 63.1 Å². The number of halogens is 3. The van der Waals surface area contributed by atoms with Gasteiger partial charge in [0.25, 0.3) is 11.8 Å². The first-order valence-corrected chi connectivity index (χ1v) is 12.8. The van der Waals surface area contributed by atoms with Crippen LogP contribution in [0.5, 0.6) is 5.88 Å². The van der Waals surface area contributed by atoms with E-state index in [9.17, 15) is 13.8 Å². The molecule has 0 unspecified atom stereocenters. The van der Waals surface area contributed by atoms with E-state index < -0.39 is 22.6 Å². The molecule has 3 heterocycles. The van der Waals surface area contributed by atoms with Crippen molar-refractivity contribution in [2.75, 3.05) is 23.4 Å². The number of aromatic nitrogens is 3. The maximum Gasteiger partial charge on any atom is 0.277 e. The normalized spacial score (nSPS) is 16.9. The highest BCUT2D eigenvalue weighted by atomic mass is 35.5. The van der Waals surface area contributed by atoms with Crippen LogP contribution in [0.15, 0.2) is 36.5 Å². The Labute approximate surface area is 217 Å². The van der Waals surface area contributed by atoms with Crippen LogP contribution in [0.25, 0.3) is 5.82 Å². The molecule has 0 atom stereocenters. The molecule has 0 aliphatic carbocycles. The quantitative estimate of drug-likeness (QED) is 0.404. The summed E-state index contributed by atoms with van der Waals surface area (Å²) in [6.45, 7) is 1.92. The van der Waals surface area contributed by atoms with Crippen LogP contribution in [0.2, 0.25) is 15.1 Å². The van der Waals surface area contributed by atoms with Crippen molar-refractivity contribution < 1.29 is 23.4 Å². The van der Waals surface area contributed by atoms with Crippen LogP contribution < -0.4 is 15.5 Å². The van der Waals surface area contributed by atoms with Crippen molar-refractivity contribution in [1.29, 1.82) is 0 Å². The fourth-order valence-electron chi connectivity index (χ4n) is 3.13. The van der Waals surface area contributed by atoms with Gasteiger partial charge in [-0.2, -0.15) is 0 Å². The van der Waals surface area contributed by atoms with Gasteiger partial charge in [0, 0.05) is 28.1 Å². The van der Waals surface area contributed by atoms with Gasteiger partial charge in [-0.25, -0.2) is 15.1 Å². The topological polar surface area (TPSA) is 124 Å². The molecule has 3 aromatic rings. The third-order valence-corrected chi connectivity index (χ3v) is 7.04. The van der Waals surface area contributed by atoms with E-state index in [0.29, 0.717) is 11.5 Å². The van der Waals surface area contributed by atoms with Gasteiger partial charge in [-0.05, 0) is 31.2 Å². The van der Waals surface area contributed by atoms with Gasteiger partial charge in [-0.15, -0.1) is 5.10 Å². The lowest BCUT2D eigenvalue weighted by molar-refractivity contribution is 0.0365. The molecule has 0 spiro atoms. The monoisotopic (exact) mass is 557 g/mol. The highest BCUT2D eigenvalue weighted by Crippen LogP contribution is 2.32. The Hall–Kier alpha value is -2.70. The first kappa shape index (κ1) is 25.4. The van der Waals surface area contributed by atoms with Crippen LogP contribution in [0.3, 0.4) is 0 Å². The third kappa shape index (κ3) is 5.76. The van der Waals surface area contributed by atoms with E-state index in [1.807, 2.05) is 0 Å². The van der Waals surface area contributed by atoms with Gasteiger partial charge < -0.3 is 10.1 Å². The summed E-state index contributed by atoms with van der Waals surface area (Å²) in [5.74, 6) is -0.289. The van der Waals surface area contributed by atoms with Gasteiger partial charge in [0.05, 0.1) is 39.4 Å². The number of carbonyl (C=O) groups is 2. The molecule has 1 aliphatic heterocycles. The fourth-order valence-corrected chi connectivity index (χ4v) is 4.74. The summed E-state index contributed by atoms with van der Waals surface area (Å²) in [7, 11) is -0.930. The second-order valence-corrected chi connectivity index (χ2v) is 10.0. The summed E-state index contributed by atoms with van der Waals surface area (Å²) in [6.07, 6.45) is 1.21. The summed E-state index contributed by atoms with van der Waals surface area (Å²) in [5.41, 5.74) is 2.24. The number of hydroxylamine groups is 1. The van der Waals surface area contributed by atoms with E-state index in [4.69, 9.17) is 44.4 Å². The van der Waals surface area contributed by atoms with Crippen molar-refractivity contribution in [2.24, 2.45) is 0 Å². The third-order valence-electron chi connectivity index (χ3n) is 4.74. The van der Waals surface area contributed by atoms with Crippen LogP contribution in [0.4, 0.5) is 5.69 Å². The average molecular weight is 559 g/mol. The Morgan fingerprint density at radius 1 is 1.17 bits per heavy atom. The molecule has 0 saturated carbocycles. The van der Waals surface area contributed by atoms with Gasteiger partial charge in [-0.3, -0.25) is 18.6 Å². The van der Waals surface area contributed by atoms with Gasteiger partial charge in [0.1, 0.15) is 11.8 Å². The summed E-state index contributed by atoms with van der Waals surface area (Å²) < 4.78 is 18.4. The number of nitrogens with zero attached hydrogens (tertiary/aromatic N) is 3. The second kappa shape index (κ2) is 10.9. The fraction of sp³-hybridized carbons (Fsp3) is 0.238. The van der Waals surface area contributed by atoms with Crippen LogP contribution in [0.1, 0.15) is 27.8 Å². The molecule has 35 heavy (non-hydrogen) atoms. The van der Waals surface area contributed by atoms with Crippen LogP contribution >= 0.6 is 34.8 Å². The molecule has 4 rings (SSSR count). The lowest BCUT2D eigenvalue weighted by atomic mass is 10.1. The molecular weight excluding hydrogens is 541 g/mol. The first-order chi connectivity index (χ1) is 16.8. The first-order valence-electron chi connectivity index (χ1n) is 10.2. The summed E-state index contributed by atoms with van der Waals surface area (Å²) in [5, 5.41) is 7.41. The molecule has 0 bridgehead atoms. The number of anilines is 1. The van der Waals surface area contributed by atoms with E-state index in [2.05, 4.69) is 20.9 Å². The zero-order chi connectivity index (χ0) is 25.1. The number of hydrogen-bond acceptors (Lipinski definition) is 7. The molecule has 1 aliphatic rings.